The van der Waals surface area contributed by atoms with Gasteiger partial charge < -0.3 is 24.9 Å². The van der Waals surface area contributed by atoms with Gasteiger partial charge in [-0.15, -0.1) is 0 Å². The van der Waals surface area contributed by atoms with Crippen molar-refractivity contribution in [2.75, 3.05) is 6.61 Å². The number of oxazole rings is 1. The molecular formula is C25H25N3O6. The topological polar surface area (TPSA) is 131 Å². The van der Waals surface area contributed by atoms with Crippen molar-refractivity contribution in [2.24, 2.45) is 0 Å². The molecule has 2 amide bonds. The van der Waals surface area contributed by atoms with Crippen LogP contribution in [-0.2, 0) is 16.1 Å². The van der Waals surface area contributed by atoms with Crippen molar-refractivity contribution in [2.45, 2.75) is 38.3 Å². The number of hydrogen-bond donors (Lipinski definition) is 3. The van der Waals surface area contributed by atoms with Crippen LogP contribution in [0.2, 0.25) is 0 Å². The first-order valence-electron chi connectivity index (χ1n) is 11.0. The molecule has 1 aromatic heterocycles. The number of ether oxygens (including phenoxy) is 1. The molecule has 0 saturated heterocycles. The van der Waals surface area contributed by atoms with Crippen molar-refractivity contribution in [3.05, 3.63) is 77.5 Å². The molecule has 1 atom stereocenters. The van der Waals surface area contributed by atoms with E-state index in [1.165, 1.54) is 0 Å². The second-order valence-corrected chi connectivity index (χ2v) is 7.98. The minimum atomic E-state index is -1.01. The molecule has 3 N–H and O–H groups in total. The number of fused-ring (bicyclic) bond motifs is 3. The average molecular weight is 463 g/mol. The molecule has 0 saturated carbocycles. The number of carboxylic acid groups (broad SMARTS) is 1. The number of nitrogens with zero attached hydrogens (tertiary/aromatic N) is 1. The molecule has 2 aromatic carbocycles. The Hall–Kier alpha value is -4.14. The molecule has 9 heteroatoms. The van der Waals surface area contributed by atoms with Gasteiger partial charge in [0.2, 0.25) is 0 Å². The molecule has 0 bridgehead atoms. The van der Waals surface area contributed by atoms with Crippen LogP contribution in [0.25, 0.3) is 11.1 Å². The Morgan fingerprint density at radius 2 is 1.74 bits per heavy atom. The lowest BCUT2D eigenvalue weighted by Gasteiger charge is -2.15. The lowest BCUT2D eigenvalue weighted by molar-refractivity contribution is -0.137. The summed E-state index contributed by atoms with van der Waals surface area (Å²) < 4.78 is 10.7. The highest BCUT2D eigenvalue weighted by molar-refractivity contribution is 5.93. The highest BCUT2D eigenvalue weighted by Crippen LogP contribution is 2.44. The van der Waals surface area contributed by atoms with Crippen molar-refractivity contribution in [1.82, 2.24) is 15.6 Å². The van der Waals surface area contributed by atoms with Crippen LogP contribution in [0, 0.1) is 0 Å². The number of amides is 2. The van der Waals surface area contributed by atoms with Crippen LogP contribution in [0.15, 0.2) is 59.3 Å². The van der Waals surface area contributed by atoms with Crippen LogP contribution in [0.1, 0.15) is 53.1 Å². The fraction of sp³-hybridized carbons (Fsp3) is 0.280. The van der Waals surface area contributed by atoms with E-state index in [4.69, 9.17) is 14.3 Å². The Labute approximate surface area is 196 Å². The minimum absolute atomic E-state index is 0.0113. The van der Waals surface area contributed by atoms with E-state index in [2.05, 4.69) is 27.8 Å². The van der Waals surface area contributed by atoms with E-state index >= 15 is 0 Å². The highest BCUT2D eigenvalue weighted by atomic mass is 16.5. The number of nitrogens with one attached hydrogen (secondary N) is 2. The Balaban J connectivity index is 1.34. The summed E-state index contributed by atoms with van der Waals surface area (Å²) in [6.07, 6.45) is 0.695. The van der Waals surface area contributed by atoms with Crippen LogP contribution in [0.3, 0.4) is 0 Å². The quantitative estimate of drug-likeness (QED) is 0.441. The molecule has 1 heterocycles. The van der Waals surface area contributed by atoms with Crippen molar-refractivity contribution in [3.8, 4) is 11.1 Å². The number of rotatable bonds is 9. The van der Waals surface area contributed by atoms with Gasteiger partial charge in [-0.3, -0.25) is 9.59 Å². The maximum absolute atomic E-state index is 12.5. The van der Waals surface area contributed by atoms with Gasteiger partial charge in [-0.25, -0.2) is 9.78 Å². The first-order valence-corrected chi connectivity index (χ1v) is 11.0. The van der Waals surface area contributed by atoms with Gasteiger partial charge in [0.1, 0.15) is 6.61 Å². The summed E-state index contributed by atoms with van der Waals surface area (Å²) in [5.74, 6) is -1.49. The van der Waals surface area contributed by atoms with E-state index in [-0.39, 0.29) is 36.9 Å². The Morgan fingerprint density at radius 3 is 2.35 bits per heavy atom. The molecule has 1 aliphatic carbocycles. The van der Waals surface area contributed by atoms with E-state index in [1.54, 1.807) is 6.92 Å². The Bertz CT molecular complexity index is 1160. The fourth-order valence-corrected chi connectivity index (χ4v) is 4.14. The maximum atomic E-state index is 12.5. The zero-order valence-corrected chi connectivity index (χ0v) is 18.6. The number of carbonyl (C=O) groups excluding carboxylic acids is 2. The zero-order valence-electron chi connectivity index (χ0n) is 18.6. The van der Waals surface area contributed by atoms with Crippen LogP contribution < -0.4 is 10.6 Å². The normalized spacial score (nSPS) is 13.0. The number of carboxylic acids is 1. The smallest absolute Gasteiger partial charge is 0.407 e. The molecule has 0 aliphatic heterocycles. The van der Waals surface area contributed by atoms with Crippen LogP contribution >= 0.6 is 0 Å². The van der Waals surface area contributed by atoms with Gasteiger partial charge in [0.05, 0.1) is 13.0 Å². The van der Waals surface area contributed by atoms with E-state index < -0.39 is 24.0 Å². The summed E-state index contributed by atoms with van der Waals surface area (Å²) in [6, 6.07) is 15.6. The van der Waals surface area contributed by atoms with Gasteiger partial charge in [0.25, 0.3) is 5.91 Å². The SMILES string of the molecule is CC[C@H](CC(=O)O)NC(=O)c1ncoc1CNC(=O)OCC1c2ccccc2-c2ccccc21. The highest BCUT2D eigenvalue weighted by Gasteiger charge is 2.29. The maximum Gasteiger partial charge on any atom is 0.407 e. The second-order valence-electron chi connectivity index (χ2n) is 7.98. The fourth-order valence-electron chi connectivity index (χ4n) is 4.14. The molecule has 0 unspecified atom stereocenters. The zero-order chi connectivity index (χ0) is 24.1. The van der Waals surface area contributed by atoms with Crippen molar-refractivity contribution >= 4 is 18.0 Å². The molecule has 34 heavy (non-hydrogen) atoms. The van der Waals surface area contributed by atoms with Crippen molar-refractivity contribution in [3.63, 3.8) is 0 Å². The molecule has 9 nitrogen and oxygen atoms in total. The first-order chi connectivity index (χ1) is 16.5. The number of aromatic nitrogens is 1. The Morgan fingerprint density at radius 1 is 1.09 bits per heavy atom. The third-order valence-electron chi connectivity index (χ3n) is 5.84. The Kier molecular flexibility index (Phi) is 6.91. The predicted molar refractivity (Wildman–Crippen MR) is 122 cm³/mol. The summed E-state index contributed by atoms with van der Waals surface area (Å²) in [4.78, 5) is 39.7. The molecule has 176 valence electrons. The van der Waals surface area contributed by atoms with E-state index in [9.17, 15) is 14.4 Å². The van der Waals surface area contributed by atoms with Gasteiger partial charge in [-0.05, 0) is 28.7 Å². The monoisotopic (exact) mass is 463 g/mol. The second kappa shape index (κ2) is 10.2. The van der Waals surface area contributed by atoms with Gasteiger partial charge in [0, 0.05) is 12.0 Å². The third kappa shape index (κ3) is 4.93. The van der Waals surface area contributed by atoms with Gasteiger partial charge in [-0.1, -0.05) is 55.5 Å². The predicted octanol–water partition coefficient (Wildman–Crippen LogP) is 3.70. The van der Waals surface area contributed by atoms with Gasteiger partial charge >= 0.3 is 12.1 Å². The lowest BCUT2D eigenvalue weighted by Crippen LogP contribution is -2.37. The summed E-state index contributed by atoms with van der Waals surface area (Å²) in [5.41, 5.74) is 4.48. The van der Waals surface area contributed by atoms with Gasteiger partial charge in [-0.2, -0.15) is 0 Å². The van der Waals surface area contributed by atoms with Crippen molar-refractivity contribution < 1.29 is 28.6 Å². The number of aliphatic carboxylic acids is 1. The summed E-state index contributed by atoms with van der Waals surface area (Å²) >= 11 is 0. The molecular weight excluding hydrogens is 438 g/mol. The third-order valence-corrected chi connectivity index (χ3v) is 5.84. The standard InChI is InChI=1S/C25H25N3O6/c1-2-15(11-22(29)30)28-24(31)23-21(34-14-27-23)12-26-25(32)33-13-20-18-9-5-3-7-16(18)17-8-4-6-10-19(17)20/h3-10,14-15,20H,2,11-13H2,1H3,(H,26,32)(H,28,31)(H,29,30)/t15-/m1/s1. The summed E-state index contributed by atoms with van der Waals surface area (Å²) in [6.45, 7) is 1.84. The van der Waals surface area contributed by atoms with E-state index in [1.807, 2.05) is 36.4 Å². The van der Waals surface area contributed by atoms with Crippen LogP contribution in [0.4, 0.5) is 4.79 Å². The molecule has 0 fully saturated rings. The molecule has 4 rings (SSSR count). The van der Waals surface area contributed by atoms with Crippen LogP contribution in [-0.4, -0.2) is 40.7 Å². The van der Waals surface area contributed by atoms with E-state index in [0.717, 1.165) is 28.6 Å². The molecule has 1 aliphatic rings. The molecule has 3 aromatic rings. The van der Waals surface area contributed by atoms with Gasteiger partial charge in [0.15, 0.2) is 17.8 Å². The summed E-state index contributed by atoms with van der Waals surface area (Å²) in [5, 5.41) is 14.2. The first kappa shape index (κ1) is 23.0. The van der Waals surface area contributed by atoms with E-state index in [0.29, 0.717) is 6.42 Å². The molecule has 0 spiro atoms. The number of alkyl carbamates (subject to hydrolysis) is 1. The minimum Gasteiger partial charge on any atom is -0.481 e. The largest absolute Gasteiger partial charge is 0.481 e. The number of hydrogen-bond acceptors (Lipinski definition) is 6. The summed E-state index contributed by atoms with van der Waals surface area (Å²) in [7, 11) is 0. The molecule has 0 radical (unpaired) electrons. The van der Waals surface area contributed by atoms with Crippen molar-refractivity contribution in [1.29, 1.82) is 0 Å². The number of benzene rings is 2. The lowest BCUT2D eigenvalue weighted by atomic mass is 9.98. The average Bonchev–Trinajstić information content (AvgIpc) is 3.43. The van der Waals surface area contributed by atoms with Crippen LogP contribution in [0.5, 0.6) is 0 Å². The number of carbonyl (C=O) groups is 3.